The van der Waals surface area contributed by atoms with Crippen molar-refractivity contribution in [3.8, 4) is 6.07 Å². The molecule has 6 heteroatoms. The molecule has 0 saturated heterocycles. The fraction of sp³-hybridized carbons (Fsp3) is 0.267. The van der Waals surface area contributed by atoms with Crippen LogP contribution in [0.5, 0.6) is 0 Å². The zero-order valence-corrected chi connectivity index (χ0v) is 13.5. The molecular formula is C15H16N2O2S2. The van der Waals surface area contributed by atoms with Crippen molar-refractivity contribution in [2.75, 3.05) is 7.05 Å². The largest absolute Gasteiger partial charge is 0.243 e. The van der Waals surface area contributed by atoms with Crippen molar-refractivity contribution in [2.24, 2.45) is 0 Å². The Hall–Kier alpha value is -1.68. The molecule has 0 fully saturated rings. The van der Waals surface area contributed by atoms with Crippen molar-refractivity contribution < 1.29 is 8.42 Å². The third-order valence-corrected chi connectivity index (χ3v) is 6.37. The fourth-order valence-electron chi connectivity index (χ4n) is 1.95. The standard InChI is InChI=1S/C15H16N2O2S2/c1-12(15-4-3-11-20-15)17(2)21(18,19)14-7-5-13(6-8-14)9-10-16/h3-8,11-12H,9H2,1-2H3. The van der Waals surface area contributed by atoms with E-state index in [0.29, 0.717) is 0 Å². The molecule has 0 aliphatic heterocycles. The Labute approximate surface area is 129 Å². The molecule has 0 radical (unpaired) electrons. The maximum absolute atomic E-state index is 12.6. The smallest absolute Gasteiger partial charge is 0.207 e. The Morgan fingerprint density at radius 1 is 1.29 bits per heavy atom. The van der Waals surface area contributed by atoms with Gasteiger partial charge in [-0.05, 0) is 36.1 Å². The average molecular weight is 320 g/mol. The van der Waals surface area contributed by atoms with Gasteiger partial charge in [-0.25, -0.2) is 8.42 Å². The van der Waals surface area contributed by atoms with Crippen molar-refractivity contribution in [3.05, 3.63) is 52.2 Å². The molecule has 1 atom stereocenters. The molecule has 1 unspecified atom stereocenters. The summed E-state index contributed by atoms with van der Waals surface area (Å²) in [5.74, 6) is 0. The highest BCUT2D eigenvalue weighted by Crippen LogP contribution is 2.28. The zero-order chi connectivity index (χ0) is 15.5. The number of nitrogens with zero attached hydrogens (tertiary/aromatic N) is 2. The van der Waals surface area contributed by atoms with E-state index >= 15 is 0 Å². The van der Waals surface area contributed by atoms with Crippen LogP contribution in [0.3, 0.4) is 0 Å². The molecule has 0 bridgehead atoms. The average Bonchev–Trinajstić information content (AvgIpc) is 3.01. The summed E-state index contributed by atoms with van der Waals surface area (Å²) in [6, 6.07) is 12.1. The number of thiophene rings is 1. The first-order chi connectivity index (χ1) is 9.96. The predicted octanol–water partition coefficient (Wildman–Crippen LogP) is 3.20. The van der Waals surface area contributed by atoms with Crippen molar-refractivity contribution in [1.29, 1.82) is 5.26 Å². The highest BCUT2D eigenvalue weighted by atomic mass is 32.2. The number of benzene rings is 1. The van der Waals surface area contributed by atoms with Crippen LogP contribution in [0.25, 0.3) is 0 Å². The molecule has 1 aromatic heterocycles. The monoisotopic (exact) mass is 320 g/mol. The van der Waals surface area contributed by atoms with Crippen molar-refractivity contribution in [1.82, 2.24) is 4.31 Å². The molecule has 0 amide bonds. The third kappa shape index (κ3) is 3.32. The summed E-state index contributed by atoms with van der Waals surface area (Å²) in [7, 11) is -1.95. The van der Waals surface area contributed by atoms with Gasteiger partial charge < -0.3 is 0 Å². The molecule has 2 rings (SSSR count). The van der Waals surface area contributed by atoms with E-state index in [4.69, 9.17) is 5.26 Å². The van der Waals surface area contributed by atoms with Crippen LogP contribution in [-0.4, -0.2) is 19.8 Å². The maximum atomic E-state index is 12.6. The van der Waals surface area contributed by atoms with E-state index in [0.717, 1.165) is 10.4 Å². The third-order valence-electron chi connectivity index (χ3n) is 3.38. The summed E-state index contributed by atoms with van der Waals surface area (Å²) in [5.41, 5.74) is 0.811. The van der Waals surface area contributed by atoms with Crippen molar-refractivity contribution >= 4 is 21.4 Å². The zero-order valence-electron chi connectivity index (χ0n) is 11.9. The lowest BCUT2D eigenvalue weighted by atomic mass is 10.2. The van der Waals surface area contributed by atoms with Gasteiger partial charge in [0.25, 0.3) is 0 Å². The van der Waals surface area contributed by atoms with E-state index < -0.39 is 10.0 Å². The summed E-state index contributed by atoms with van der Waals surface area (Å²) in [4.78, 5) is 1.25. The second kappa shape index (κ2) is 6.39. The van der Waals surface area contributed by atoms with Gasteiger partial charge in [-0.3, -0.25) is 0 Å². The first-order valence-electron chi connectivity index (χ1n) is 6.44. The van der Waals surface area contributed by atoms with E-state index in [1.807, 2.05) is 30.5 Å². The second-order valence-electron chi connectivity index (χ2n) is 4.69. The van der Waals surface area contributed by atoms with Gasteiger partial charge in [-0.2, -0.15) is 9.57 Å². The van der Waals surface area contributed by atoms with Gasteiger partial charge in [-0.15, -0.1) is 11.3 Å². The Kier molecular flexibility index (Phi) is 4.78. The van der Waals surface area contributed by atoms with Crippen LogP contribution in [0.4, 0.5) is 0 Å². The molecule has 110 valence electrons. The van der Waals surface area contributed by atoms with Crippen molar-refractivity contribution in [3.63, 3.8) is 0 Å². The molecule has 0 aliphatic carbocycles. The lowest BCUT2D eigenvalue weighted by Crippen LogP contribution is -2.29. The Bertz CT molecular complexity index is 729. The van der Waals surface area contributed by atoms with Gasteiger partial charge in [0, 0.05) is 11.9 Å². The summed E-state index contributed by atoms with van der Waals surface area (Å²) >= 11 is 1.54. The first kappa shape index (κ1) is 15.7. The second-order valence-corrected chi connectivity index (χ2v) is 7.67. The molecule has 0 aliphatic rings. The molecular weight excluding hydrogens is 304 g/mol. The lowest BCUT2D eigenvalue weighted by Gasteiger charge is -2.23. The molecule has 1 heterocycles. The van der Waals surface area contributed by atoms with E-state index in [-0.39, 0.29) is 17.4 Å². The summed E-state index contributed by atoms with van der Waals surface area (Å²) in [6.07, 6.45) is 0.280. The maximum Gasteiger partial charge on any atom is 0.243 e. The van der Waals surface area contributed by atoms with Crippen LogP contribution in [0.2, 0.25) is 0 Å². The number of nitriles is 1. The SMILES string of the molecule is CC(c1cccs1)N(C)S(=O)(=O)c1ccc(CC#N)cc1. The topological polar surface area (TPSA) is 61.2 Å². The van der Waals surface area contributed by atoms with E-state index in [9.17, 15) is 8.42 Å². The minimum absolute atomic E-state index is 0.214. The normalized spacial score (nSPS) is 13.0. The number of hydrogen-bond acceptors (Lipinski definition) is 4. The summed E-state index contributed by atoms with van der Waals surface area (Å²) in [5, 5.41) is 10.6. The Morgan fingerprint density at radius 3 is 2.48 bits per heavy atom. The van der Waals surface area contributed by atoms with Gasteiger partial charge in [0.05, 0.1) is 23.4 Å². The Morgan fingerprint density at radius 2 is 1.95 bits per heavy atom. The highest BCUT2D eigenvalue weighted by molar-refractivity contribution is 7.89. The van der Waals surface area contributed by atoms with Gasteiger partial charge in [0.1, 0.15) is 0 Å². The van der Waals surface area contributed by atoms with Crippen LogP contribution >= 0.6 is 11.3 Å². The van der Waals surface area contributed by atoms with Crippen LogP contribution < -0.4 is 0 Å². The van der Waals surface area contributed by atoms with E-state index in [1.165, 1.54) is 15.6 Å². The minimum atomic E-state index is -3.54. The lowest BCUT2D eigenvalue weighted by molar-refractivity contribution is 0.403. The van der Waals surface area contributed by atoms with Gasteiger partial charge >= 0.3 is 0 Å². The van der Waals surface area contributed by atoms with Crippen molar-refractivity contribution in [2.45, 2.75) is 24.3 Å². The molecule has 21 heavy (non-hydrogen) atoms. The fourth-order valence-corrected chi connectivity index (χ4v) is 4.19. The molecule has 4 nitrogen and oxygen atoms in total. The van der Waals surface area contributed by atoms with Gasteiger partial charge in [0.2, 0.25) is 10.0 Å². The van der Waals surface area contributed by atoms with E-state index in [1.54, 1.807) is 31.3 Å². The molecule has 0 saturated carbocycles. The van der Waals surface area contributed by atoms with Crippen LogP contribution in [0, 0.1) is 11.3 Å². The quantitative estimate of drug-likeness (QED) is 0.850. The van der Waals surface area contributed by atoms with Crippen LogP contribution in [0.1, 0.15) is 23.4 Å². The highest BCUT2D eigenvalue weighted by Gasteiger charge is 2.26. The summed E-state index contributed by atoms with van der Waals surface area (Å²) < 4.78 is 26.6. The van der Waals surface area contributed by atoms with Crippen LogP contribution in [0.15, 0.2) is 46.7 Å². The molecule has 1 aromatic carbocycles. The number of hydrogen-bond donors (Lipinski definition) is 0. The van der Waals surface area contributed by atoms with Gasteiger partial charge in [0.15, 0.2) is 0 Å². The van der Waals surface area contributed by atoms with E-state index in [2.05, 4.69) is 0 Å². The molecule has 0 N–H and O–H groups in total. The minimum Gasteiger partial charge on any atom is -0.207 e. The van der Waals surface area contributed by atoms with Crippen LogP contribution in [-0.2, 0) is 16.4 Å². The number of sulfonamides is 1. The number of rotatable bonds is 5. The Balaban J connectivity index is 2.27. The first-order valence-corrected chi connectivity index (χ1v) is 8.76. The van der Waals surface area contributed by atoms with Gasteiger partial charge in [-0.1, -0.05) is 18.2 Å². The molecule has 0 spiro atoms. The molecule has 2 aromatic rings. The predicted molar refractivity (Wildman–Crippen MR) is 83.4 cm³/mol. The summed E-state index contributed by atoms with van der Waals surface area (Å²) in [6.45, 7) is 1.87.